The smallest absolute Gasteiger partial charge is 0.329 e. The standard InChI is InChI=1S/C4H6O2.2C3H4O2/c1-3-4(5)6-2;2*1-2-3(4)5/h3H,1H2,2H3;2*2H,1H2,(H,4,5). The van der Waals surface area contributed by atoms with Crippen LogP contribution in [-0.2, 0) is 19.1 Å². The van der Waals surface area contributed by atoms with E-state index in [1.807, 2.05) is 0 Å². The van der Waals surface area contributed by atoms with Gasteiger partial charge >= 0.3 is 17.9 Å². The molecule has 0 saturated heterocycles. The quantitative estimate of drug-likeness (QED) is 0.550. The molecule has 16 heavy (non-hydrogen) atoms. The third kappa shape index (κ3) is 41.5. The molecule has 0 unspecified atom stereocenters. The van der Waals surface area contributed by atoms with Crippen LogP contribution in [0.15, 0.2) is 38.0 Å². The molecule has 2 N–H and O–H groups in total. The fraction of sp³-hybridized carbons (Fsp3) is 0.100. The van der Waals surface area contributed by atoms with Gasteiger partial charge in [-0.05, 0) is 0 Å². The molecule has 0 heterocycles. The molecule has 90 valence electrons. The largest absolute Gasteiger partial charge is 0.478 e. The van der Waals surface area contributed by atoms with Crippen molar-refractivity contribution in [3.05, 3.63) is 38.0 Å². The molecule has 0 aromatic heterocycles. The molecule has 0 rings (SSSR count). The lowest BCUT2D eigenvalue weighted by Gasteiger charge is -1.83. The van der Waals surface area contributed by atoms with Crippen molar-refractivity contribution in [3.63, 3.8) is 0 Å². The Morgan fingerprint density at radius 3 is 1.19 bits per heavy atom. The molecule has 0 aliphatic carbocycles. The fourth-order valence-electron chi connectivity index (χ4n) is 0.0833. The molecule has 0 aliphatic rings. The van der Waals surface area contributed by atoms with Gasteiger partial charge in [0, 0.05) is 18.2 Å². The van der Waals surface area contributed by atoms with Crippen LogP contribution >= 0.6 is 0 Å². The molecule has 0 saturated carbocycles. The van der Waals surface area contributed by atoms with E-state index in [4.69, 9.17) is 10.2 Å². The summed E-state index contributed by atoms with van der Waals surface area (Å²) >= 11 is 0. The summed E-state index contributed by atoms with van der Waals surface area (Å²) < 4.78 is 4.14. The normalized spacial score (nSPS) is 6.56. The van der Waals surface area contributed by atoms with Crippen molar-refractivity contribution in [2.45, 2.75) is 0 Å². The van der Waals surface area contributed by atoms with Gasteiger partial charge < -0.3 is 14.9 Å². The van der Waals surface area contributed by atoms with Gasteiger partial charge in [-0.2, -0.15) is 0 Å². The lowest BCUT2D eigenvalue weighted by atomic mass is 10.7. The number of hydrogen-bond donors (Lipinski definition) is 2. The average molecular weight is 230 g/mol. The van der Waals surface area contributed by atoms with E-state index in [1.54, 1.807) is 0 Å². The van der Waals surface area contributed by atoms with Crippen molar-refractivity contribution < 1.29 is 29.3 Å². The number of carboxylic acids is 2. The van der Waals surface area contributed by atoms with E-state index in [0.717, 1.165) is 18.2 Å². The van der Waals surface area contributed by atoms with Crippen LogP contribution in [0.5, 0.6) is 0 Å². The minimum Gasteiger partial charge on any atom is -0.478 e. The van der Waals surface area contributed by atoms with E-state index in [9.17, 15) is 14.4 Å². The summed E-state index contributed by atoms with van der Waals surface area (Å²) in [6.45, 7) is 9.08. The van der Waals surface area contributed by atoms with Gasteiger partial charge in [0.25, 0.3) is 0 Å². The molecule has 0 atom stereocenters. The summed E-state index contributed by atoms with van der Waals surface area (Å²) in [6.07, 6.45) is 2.78. The molecular weight excluding hydrogens is 216 g/mol. The van der Waals surface area contributed by atoms with Crippen LogP contribution in [-0.4, -0.2) is 35.2 Å². The van der Waals surface area contributed by atoms with E-state index < -0.39 is 17.9 Å². The van der Waals surface area contributed by atoms with Crippen LogP contribution in [0.4, 0.5) is 0 Å². The molecule has 0 aromatic rings. The lowest BCUT2D eigenvalue weighted by Crippen LogP contribution is -1.91. The third-order valence-corrected chi connectivity index (χ3v) is 0.717. The Balaban J connectivity index is -0.000000160. The van der Waals surface area contributed by atoms with Crippen LogP contribution < -0.4 is 0 Å². The van der Waals surface area contributed by atoms with Crippen LogP contribution in [0.25, 0.3) is 0 Å². The lowest BCUT2D eigenvalue weighted by molar-refractivity contribution is -0.135. The number of esters is 1. The highest BCUT2D eigenvalue weighted by atomic mass is 16.5. The first kappa shape index (κ1) is 19.2. The van der Waals surface area contributed by atoms with Gasteiger partial charge in [-0.15, -0.1) is 0 Å². The summed E-state index contributed by atoms with van der Waals surface area (Å²) in [4.78, 5) is 28.3. The Hall–Kier alpha value is -2.37. The second-order valence-corrected chi connectivity index (χ2v) is 1.81. The molecule has 0 spiro atoms. The van der Waals surface area contributed by atoms with Gasteiger partial charge in [0.15, 0.2) is 0 Å². The van der Waals surface area contributed by atoms with Crippen LogP contribution in [0.2, 0.25) is 0 Å². The number of methoxy groups -OCH3 is 1. The third-order valence-electron chi connectivity index (χ3n) is 0.717. The fourth-order valence-corrected chi connectivity index (χ4v) is 0.0833. The van der Waals surface area contributed by atoms with E-state index in [0.29, 0.717) is 0 Å². The molecule has 0 aromatic carbocycles. The van der Waals surface area contributed by atoms with Crippen molar-refractivity contribution >= 4 is 17.9 Å². The van der Waals surface area contributed by atoms with Gasteiger partial charge in [-0.1, -0.05) is 19.7 Å². The first-order valence-electron chi connectivity index (χ1n) is 3.76. The highest BCUT2D eigenvalue weighted by Gasteiger charge is 1.81. The maximum atomic E-state index is 9.84. The molecule has 0 amide bonds. The van der Waals surface area contributed by atoms with Gasteiger partial charge in [0.2, 0.25) is 0 Å². The summed E-state index contributed by atoms with van der Waals surface area (Å²) in [7, 11) is 1.31. The summed E-state index contributed by atoms with van der Waals surface area (Å²) in [5.41, 5.74) is 0. The molecule has 0 radical (unpaired) electrons. The van der Waals surface area contributed by atoms with Gasteiger partial charge in [0.05, 0.1) is 7.11 Å². The van der Waals surface area contributed by atoms with Gasteiger partial charge in [-0.25, -0.2) is 14.4 Å². The minimum absolute atomic E-state index is 0.394. The van der Waals surface area contributed by atoms with Crippen molar-refractivity contribution in [2.75, 3.05) is 7.11 Å². The zero-order valence-electron chi connectivity index (χ0n) is 8.88. The zero-order valence-corrected chi connectivity index (χ0v) is 8.88. The topological polar surface area (TPSA) is 101 Å². The number of carbonyl (C=O) groups excluding carboxylic acids is 1. The molecule has 0 bridgehead atoms. The summed E-state index contributed by atoms with van der Waals surface area (Å²) in [6, 6.07) is 0. The number of carboxylic acid groups (broad SMARTS) is 2. The van der Waals surface area contributed by atoms with Crippen molar-refractivity contribution in [1.82, 2.24) is 0 Å². The second kappa shape index (κ2) is 15.1. The Kier molecular flexibility index (Phi) is 18.2. The van der Waals surface area contributed by atoms with Crippen molar-refractivity contribution in [1.29, 1.82) is 0 Å². The number of aliphatic carboxylic acids is 2. The number of rotatable bonds is 3. The van der Waals surface area contributed by atoms with Crippen LogP contribution in [0.3, 0.4) is 0 Å². The molecule has 6 heteroatoms. The molecular formula is C10H14O6. The van der Waals surface area contributed by atoms with E-state index >= 15 is 0 Å². The first-order valence-corrected chi connectivity index (χ1v) is 3.76. The predicted molar refractivity (Wildman–Crippen MR) is 57.9 cm³/mol. The molecule has 6 nitrogen and oxygen atoms in total. The predicted octanol–water partition coefficient (Wildman–Crippen LogP) is 0.859. The Morgan fingerprint density at radius 2 is 1.19 bits per heavy atom. The summed E-state index contributed by atoms with van der Waals surface area (Å²) in [5, 5.41) is 15.2. The molecule has 0 aliphatic heterocycles. The van der Waals surface area contributed by atoms with Gasteiger partial charge in [0.1, 0.15) is 0 Å². The number of carbonyl (C=O) groups is 3. The molecule has 0 fully saturated rings. The van der Waals surface area contributed by atoms with E-state index in [-0.39, 0.29) is 0 Å². The van der Waals surface area contributed by atoms with Gasteiger partial charge in [-0.3, -0.25) is 0 Å². The maximum absolute atomic E-state index is 9.84. The highest BCUT2D eigenvalue weighted by Crippen LogP contribution is 1.67. The second-order valence-electron chi connectivity index (χ2n) is 1.81. The van der Waals surface area contributed by atoms with E-state index in [1.165, 1.54) is 7.11 Å². The Labute approximate surface area is 93.2 Å². The van der Waals surface area contributed by atoms with Crippen LogP contribution in [0, 0.1) is 0 Å². The average Bonchev–Trinajstić information content (AvgIpc) is 2.29. The highest BCUT2D eigenvalue weighted by molar-refractivity contribution is 5.81. The maximum Gasteiger partial charge on any atom is 0.329 e. The Bertz CT molecular complexity index is 248. The van der Waals surface area contributed by atoms with Crippen molar-refractivity contribution in [3.8, 4) is 0 Å². The van der Waals surface area contributed by atoms with Crippen LogP contribution in [0.1, 0.15) is 0 Å². The van der Waals surface area contributed by atoms with E-state index in [2.05, 4.69) is 24.5 Å². The SMILES string of the molecule is C=CC(=O)O.C=CC(=O)O.C=CC(=O)OC. The number of hydrogen-bond acceptors (Lipinski definition) is 4. The zero-order chi connectivity index (χ0) is 13.6. The Morgan fingerprint density at radius 1 is 0.938 bits per heavy atom. The minimum atomic E-state index is -0.981. The number of ether oxygens (including phenoxy) is 1. The van der Waals surface area contributed by atoms with Crippen molar-refractivity contribution in [2.24, 2.45) is 0 Å². The summed E-state index contributed by atoms with van der Waals surface area (Å²) in [5.74, 6) is -2.36. The first-order chi connectivity index (χ1) is 7.35. The monoisotopic (exact) mass is 230 g/mol.